The zero-order valence-corrected chi connectivity index (χ0v) is 8.88. The van der Waals surface area contributed by atoms with Crippen LogP contribution in [0.2, 0.25) is 0 Å². The highest BCUT2D eigenvalue weighted by Crippen LogP contribution is 2.08. The first-order valence-corrected chi connectivity index (χ1v) is 5.01. The van der Waals surface area contributed by atoms with Crippen molar-refractivity contribution < 1.29 is 9.59 Å². The van der Waals surface area contributed by atoms with Gasteiger partial charge in [0.15, 0.2) is 0 Å². The number of aromatic nitrogens is 2. The molecule has 6 heteroatoms. The summed E-state index contributed by atoms with van der Waals surface area (Å²) in [6.45, 7) is 2.01. The first-order chi connectivity index (χ1) is 7.68. The molecule has 0 aromatic carbocycles. The van der Waals surface area contributed by atoms with Crippen LogP contribution >= 0.6 is 0 Å². The van der Waals surface area contributed by atoms with Gasteiger partial charge in [0.05, 0.1) is 13.1 Å². The van der Waals surface area contributed by atoms with Crippen molar-refractivity contribution in [1.29, 1.82) is 0 Å². The molecule has 6 nitrogen and oxygen atoms in total. The summed E-state index contributed by atoms with van der Waals surface area (Å²) in [4.78, 5) is 32.5. The molecular weight excluding hydrogens is 208 g/mol. The van der Waals surface area contributed by atoms with Crippen LogP contribution in [0.1, 0.15) is 12.7 Å². The van der Waals surface area contributed by atoms with Gasteiger partial charge in [-0.15, -0.1) is 0 Å². The molecule has 1 N–H and O–H groups in total. The summed E-state index contributed by atoms with van der Waals surface area (Å²) in [7, 11) is 0. The van der Waals surface area contributed by atoms with Crippen LogP contribution in [0.5, 0.6) is 0 Å². The summed E-state index contributed by atoms with van der Waals surface area (Å²) in [5.74, 6) is 0.285. The fourth-order valence-corrected chi connectivity index (χ4v) is 1.56. The summed E-state index contributed by atoms with van der Waals surface area (Å²) >= 11 is 0. The molecule has 84 valence electrons. The molecule has 1 unspecified atom stereocenters. The second kappa shape index (κ2) is 4.26. The van der Waals surface area contributed by atoms with E-state index in [9.17, 15) is 9.59 Å². The SMILES string of the molecule is CC1C(=O)NCC(=O)N1Cc1ncccn1. The lowest BCUT2D eigenvalue weighted by Gasteiger charge is -2.31. The Morgan fingerprint density at radius 3 is 2.81 bits per heavy atom. The lowest BCUT2D eigenvalue weighted by molar-refractivity contribution is -0.145. The van der Waals surface area contributed by atoms with E-state index in [0.717, 1.165) is 0 Å². The molecule has 1 saturated heterocycles. The summed E-state index contributed by atoms with van der Waals surface area (Å²) < 4.78 is 0. The normalized spacial score (nSPS) is 20.8. The van der Waals surface area contributed by atoms with E-state index in [0.29, 0.717) is 5.82 Å². The minimum absolute atomic E-state index is 0.0516. The Morgan fingerprint density at radius 2 is 2.12 bits per heavy atom. The minimum Gasteiger partial charge on any atom is -0.345 e. The van der Waals surface area contributed by atoms with Gasteiger partial charge in [0.2, 0.25) is 11.8 Å². The van der Waals surface area contributed by atoms with E-state index >= 15 is 0 Å². The summed E-state index contributed by atoms with van der Waals surface area (Å²) in [6, 6.07) is 1.24. The van der Waals surface area contributed by atoms with Crippen molar-refractivity contribution in [2.75, 3.05) is 6.54 Å². The third-order valence-corrected chi connectivity index (χ3v) is 2.51. The van der Waals surface area contributed by atoms with Gasteiger partial charge in [0.1, 0.15) is 11.9 Å². The number of carbonyl (C=O) groups excluding carboxylic acids is 2. The molecule has 2 rings (SSSR count). The zero-order chi connectivity index (χ0) is 11.5. The second-order valence-electron chi connectivity index (χ2n) is 3.58. The maximum absolute atomic E-state index is 11.6. The molecule has 1 aromatic heterocycles. The lowest BCUT2D eigenvalue weighted by atomic mass is 10.2. The number of amides is 2. The van der Waals surface area contributed by atoms with E-state index in [1.807, 2.05) is 0 Å². The number of hydrogen-bond donors (Lipinski definition) is 1. The van der Waals surface area contributed by atoms with Gasteiger partial charge in [0, 0.05) is 12.4 Å². The first-order valence-electron chi connectivity index (χ1n) is 5.01. The third-order valence-electron chi connectivity index (χ3n) is 2.51. The number of hydrogen-bond acceptors (Lipinski definition) is 4. The largest absolute Gasteiger partial charge is 0.345 e. The van der Waals surface area contributed by atoms with Crippen molar-refractivity contribution in [2.24, 2.45) is 0 Å². The quantitative estimate of drug-likeness (QED) is 0.716. The van der Waals surface area contributed by atoms with Crippen molar-refractivity contribution in [2.45, 2.75) is 19.5 Å². The summed E-state index contributed by atoms with van der Waals surface area (Å²) in [5, 5.41) is 2.53. The van der Waals surface area contributed by atoms with Crippen molar-refractivity contribution in [1.82, 2.24) is 20.2 Å². The molecule has 0 aliphatic carbocycles. The van der Waals surface area contributed by atoms with E-state index in [-0.39, 0.29) is 24.9 Å². The molecule has 1 aromatic rings. The second-order valence-corrected chi connectivity index (χ2v) is 3.58. The van der Waals surface area contributed by atoms with Gasteiger partial charge in [-0.25, -0.2) is 9.97 Å². The topological polar surface area (TPSA) is 75.2 Å². The van der Waals surface area contributed by atoms with Gasteiger partial charge in [-0.2, -0.15) is 0 Å². The highest BCUT2D eigenvalue weighted by molar-refractivity contribution is 5.94. The molecule has 0 spiro atoms. The van der Waals surface area contributed by atoms with Crippen molar-refractivity contribution in [3.8, 4) is 0 Å². The molecule has 0 saturated carbocycles. The van der Waals surface area contributed by atoms with Crippen LogP contribution in [-0.4, -0.2) is 39.3 Å². The molecule has 2 heterocycles. The highest BCUT2D eigenvalue weighted by atomic mass is 16.2. The Morgan fingerprint density at radius 1 is 1.44 bits per heavy atom. The summed E-state index contributed by atoms with van der Waals surface area (Å²) in [6.07, 6.45) is 3.23. The molecule has 1 atom stereocenters. The summed E-state index contributed by atoms with van der Waals surface area (Å²) in [5.41, 5.74) is 0. The van der Waals surface area contributed by atoms with E-state index < -0.39 is 6.04 Å². The molecule has 2 amide bonds. The molecule has 1 fully saturated rings. The fraction of sp³-hybridized carbons (Fsp3) is 0.400. The van der Waals surface area contributed by atoms with E-state index in [1.54, 1.807) is 25.4 Å². The van der Waals surface area contributed by atoms with Gasteiger partial charge in [-0.05, 0) is 13.0 Å². The Kier molecular flexibility index (Phi) is 2.80. The molecule has 16 heavy (non-hydrogen) atoms. The van der Waals surface area contributed by atoms with Crippen molar-refractivity contribution >= 4 is 11.8 Å². The maximum atomic E-state index is 11.6. The van der Waals surface area contributed by atoms with Crippen LogP contribution in [0.25, 0.3) is 0 Å². The number of rotatable bonds is 2. The van der Waals surface area contributed by atoms with Crippen LogP contribution in [-0.2, 0) is 16.1 Å². The standard InChI is InChI=1S/C10H12N4O2/c1-7-10(16)13-5-9(15)14(7)6-8-11-3-2-4-12-8/h2-4,7H,5-6H2,1H3,(H,13,16). The van der Waals surface area contributed by atoms with Gasteiger partial charge in [-0.1, -0.05) is 0 Å². The van der Waals surface area contributed by atoms with Crippen molar-refractivity contribution in [3.63, 3.8) is 0 Å². The zero-order valence-electron chi connectivity index (χ0n) is 8.88. The van der Waals surface area contributed by atoms with Crippen LogP contribution in [0, 0.1) is 0 Å². The number of carbonyl (C=O) groups is 2. The third kappa shape index (κ3) is 2.00. The number of piperazine rings is 1. The monoisotopic (exact) mass is 220 g/mol. The van der Waals surface area contributed by atoms with Crippen LogP contribution in [0.3, 0.4) is 0 Å². The Labute approximate surface area is 92.7 Å². The highest BCUT2D eigenvalue weighted by Gasteiger charge is 2.31. The minimum atomic E-state index is -0.468. The Balaban J connectivity index is 2.13. The predicted octanol–water partition coefficient (Wildman–Crippen LogP) is -0.677. The Bertz CT molecular complexity index is 407. The molecular formula is C10H12N4O2. The molecule has 1 aliphatic rings. The maximum Gasteiger partial charge on any atom is 0.243 e. The molecule has 1 aliphatic heterocycles. The first kappa shape index (κ1) is 10.5. The van der Waals surface area contributed by atoms with Gasteiger partial charge in [-0.3, -0.25) is 9.59 Å². The fourth-order valence-electron chi connectivity index (χ4n) is 1.56. The predicted molar refractivity (Wildman–Crippen MR) is 55.1 cm³/mol. The van der Waals surface area contributed by atoms with E-state index in [2.05, 4.69) is 15.3 Å². The van der Waals surface area contributed by atoms with Crippen LogP contribution in [0.15, 0.2) is 18.5 Å². The average molecular weight is 220 g/mol. The Hall–Kier alpha value is -1.98. The number of nitrogens with one attached hydrogen (secondary N) is 1. The molecule has 0 bridgehead atoms. The van der Waals surface area contributed by atoms with Crippen LogP contribution < -0.4 is 5.32 Å². The lowest BCUT2D eigenvalue weighted by Crippen LogP contribution is -2.56. The van der Waals surface area contributed by atoms with E-state index in [4.69, 9.17) is 0 Å². The van der Waals surface area contributed by atoms with Crippen molar-refractivity contribution in [3.05, 3.63) is 24.3 Å². The van der Waals surface area contributed by atoms with Gasteiger partial charge < -0.3 is 10.2 Å². The molecule has 0 radical (unpaired) electrons. The van der Waals surface area contributed by atoms with Gasteiger partial charge in [0.25, 0.3) is 0 Å². The smallest absolute Gasteiger partial charge is 0.243 e. The van der Waals surface area contributed by atoms with Gasteiger partial charge >= 0.3 is 0 Å². The van der Waals surface area contributed by atoms with E-state index in [1.165, 1.54) is 4.90 Å². The van der Waals surface area contributed by atoms with Crippen LogP contribution in [0.4, 0.5) is 0 Å². The average Bonchev–Trinajstić information content (AvgIpc) is 2.31. The number of nitrogens with zero attached hydrogens (tertiary/aromatic N) is 3.